The second kappa shape index (κ2) is 8.22. The fraction of sp³-hybridized carbons (Fsp3) is 0.231. The van der Waals surface area contributed by atoms with E-state index >= 15 is 0 Å². The zero-order chi connectivity index (χ0) is 24.0. The van der Waals surface area contributed by atoms with Gasteiger partial charge in [0.1, 0.15) is 11.9 Å². The summed E-state index contributed by atoms with van der Waals surface area (Å²) in [5, 5.41) is 21.2. The highest BCUT2D eigenvalue weighted by molar-refractivity contribution is 5.95. The van der Waals surface area contributed by atoms with E-state index in [-0.39, 0.29) is 24.8 Å². The van der Waals surface area contributed by atoms with Crippen molar-refractivity contribution in [3.05, 3.63) is 99.6 Å². The second-order valence-electron chi connectivity index (χ2n) is 8.88. The Kier molecular flexibility index (Phi) is 5.32. The van der Waals surface area contributed by atoms with Gasteiger partial charge in [0.05, 0.1) is 13.1 Å². The number of carbonyl (C=O) groups excluding carboxylic acids is 1. The molecule has 0 radical (unpaired) electrons. The van der Waals surface area contributed by atoms with Crippen molar-refractivity contribution in [3.8, 4) is 0 Å². The van der Waals surface area contributed by atoms with Crippen LogP contribution in [-0.4, -0.2) is 35.9 Å². The van der Waals surface area contributed by atoms with E-state index < -0.39 is 12.0 Å². The second-order valence-corrected chi connectivity index (χ2v) is 8.88. The molecule has 0 saturated carbocycles. The van der Waals surface area contributed by atoms with E-state index in [0.717, 1.165) is 27.8 Å². The van der Waals surface area contributed by atoms with Gasteiger partial charge in [-0.3, -0.25) is 10.2 Å². The lowest BCUT2D eigenvalue weighted by Crippen LogP contribution is -2.56. The van der Waals surface area contributed by atoms with Gasteiger partial charge in [0.2, 0.25) is 0 Å². The Morgan fingerprint density at radius 1 is 1.03 bits per heavy atom. The van der Waals surface area contributed by atoms with Crippen molar-refractivity contribution in [2.45, 2.75) is 25.0 Å². The summed E-state index contributed by atoms with van der Waals surface area (Å²) in [6, 6.07) is 17.7. The summed E-state index contributed by atoms with van der Waals surface area (Å²) in [5.41, 5.74) is 11.4. The van der Waals surface area contributed by atoms with Crippen molar-refractivity contribution >= 4 is 17.4 Å². The summed E-state index contributed by atoms with van der Waals surface area (Å²) in [4.78, 5) is 14.4. The maximum absolute atomic E-state index is 13.3. The van der Waals surface area contributed by atoms with Crippen LogP contribution in [0.15, 0.2) is 60.7 Å². The van der Waals surface area contributed by atoms with Crippen LogP contribution in [-0.2, 0) is 13.0 Å². The molecule has 34 heavy (non-hydrogen) atoms. The standard InChI is InChI=1S/C26H24F2N4O2/c27-26(28)13-32(14-26)20-6-8-22-19(11-20)10-18-9-17(5-7-21(18)23(22)33)25(34)31-12-15-1-3-16(4-2-15)24(29)30/h1-9,11,23,33H,10,12-14H2,(H3,29,30)(H,31,34)/t23-/m1/s1. The number of nitrogens with one attached hydrogen (secondary N) is 2. The first-order valence-electron chi connectivity index (χ1n) is 11.0. The highest BCUT2D eigenvalue weighted by Gasteiger charge is 2.44. The average molecular weight is 463 g/mol. The summed E-state index contributed by atoms with van der Waals surface area (Å²) in [7, 11) is 0. The lowest BCUT2D eigenvalue weighted by atomic mass is 9.82. The van der Waals surface area contributed by atoms with E-state index in [2.05, 4.69) is 5.32 Å². The molecule has 1 fully saturated rings. The molecule has 0 spiro atoms. The quantitative estimate of drug-likeness (QED) is 0.345. The molecule has 0 bridgehead atoms. The number of benzene rings is 3. The highest BCUT2D eigenvalue weighted by atomic mass is 19.3. The SMILES string of the molecule is N=C(N)c1ccc(CNC(=O)c2ccc3c(c2)Cc2cc(N4CC(F)(F)C4)ccc2[C@@H]3O)cc1. The number of anilines is 1. The van der Waals surface area contributed by atoms with Crippen LogP contribution in [0.5, 0.6) is 0 Å². The molecule has 1 saturated heterocycles. The predicted octanol–water partition coefficient (Wildman–Crippen LogP) is 3.34. The van der Waals surface area contributed by atoms with E-state index in [4.69, 9.17) is 11.1 Å². The molecule has 0 aromatic heterocycles. The first-order chi connectivity index (χ1) is 16.2. The van der Waals surface area contributed by atoms with Gasteiger partial charge in [0.25, 0.3) is 11.8 Å². The number of hydrogen-bond donors (Lipinski definition) is 4. The highest BCUT2D eigenvalue weighted by Crippen LogP contribution is 2.39. The molecule has 1 heterocycles. The van der Waals surface area contributed by atoms with Crippen LogP contribution in [0.1, 0.15) is 49.8 Å². The van der Waals surface area contributed by atoms with Crippen molar-refractivity contribution in [1.29, 1.82) is 5.41 Å². The third-order valence-corrected chi connectivity index (χ3v) is 6.43. The van der Waals surface area contributed by atoms with E-state index in [9.17, 15) is 18.7 Å². The predicted molar refractivity (Wildman–Crippen MR) is 126 cm³/mol. The van der Waals surface area contributed by atoms with Crippen LogP contribution < -0.4 is 16.0 Å². The fourth-order valence-electron chi connectivity index (χ4n) is 4.53. The Morgan fingerprint density at radius 2 is 1.65 bits per heavy atom. The molecule has 5 rings (SSSR count). The molecule has 5 N–H and O–H groups in total. The lowest BCUT2D eigenvalue weighted by molar-refractivity contribution is -0.0262. The third kappa shape index (κ3) is 4.12. The van der Waals surface area contributed by atoms with E-state index in [0.29, 0.717) is 29.8 Å². The van der Waals surface area contributed by atoms with Crippen LogP contribution >= 0.6 is 0 Å². The number of fused-ring (bicyclic) bond motifs is 2. The van der Waals surface area contributed by atoms with E-state index in [1.54, 1.807) is 47.4 Å². The molecular weight excluding hydrogens is 438 g/mol. The molecule has 3 aromatic carbocycles. The number of nitrogens with two attached hydrogens (primary N) is 1. The van der Waals surface area contributed by atoms with Gasteiger partial charge in [-0.25, -0.2) is 8.78 Å². The van der Waals surface area contributed by atoms with Crippen LogP contribution in [0.3, 0.4) is 0 Å². The zero-order valence-electron chi connectivity index (χ0n) is 18.3. The molecule has 1 atom stereocenters. The van der Waals surface area contributed by atoms with Crippen molar-refractivity contribution in [2.75, 3.05) is 18.0 Å². The van der Waals surface area contributed by atoms with Crippen molar-refractivity contribution in [1.82, 2.24) is 5.32 Å². The summed E-state index contributed by atoms with van der Waals surface area (Å²) < 4.78 is 26.6. The molecule has 3 aromatic rings. The van der Waals surface area contributed by atoms with Crippen molar-refractivity contribution in [2.24, 2.45) is 5.73 Å². The number of nitrogens with zero attached hydrogens (tertiary/aromatic N) is 1. The Morgan fingerprint density at radius 3 is 2.29 bits per heavy atom. The number of hydrogen-bond acceptors (Lipinski definition) is 4. The van der Waals surface area contributed by atoms with E-state index in [1.807, 2.05) is 18.2 Å². The maximum Gasteiger partial charge on any atom is 0.282 e. The maximum atomic E-state index is 13.3. The molecule has 8 heteroatoms. The Labute approximate surface area is 195 Å². The number of aliphatic hydroxyl groups excluding tert-OH is 1. The minimum absolute atomic E-state index is 0.0108. The van der Waals surface area contributed by atoms with E-state index in [1.165, 1.54) is 0 Å². The van der Waals surface area contributed by atoms with Crippen molar-refractivity contribution in [3.63, 3.8) is 0 Å². The molecule has 174 valence electrons. The van der Waals surface area contributed by atoms with Gasteiger partial charge in [-0.2, -0.15) is 0 Å². The van der Waals surface area contributed by atoms with Gasteiger partial charge in [-0.05, 0) is 58.5 Å². The number of alkyl halides is 2. The van der Waals surface area contributed by atoms with Gasteiger partial charge < -0.3 is 21.1 Å². The third-order valence-electron chi connectivity index (χ3n) is 6.43. The molecule has 1 aliphatic heterocycles. The fourth-order valence-corrected chi connectivity index (χ4v) is 4.53. The normalized spacial score (nSPS) is 17.9. The van der Waals surface area contributed by atoms with Gasteiger partial charge in [-0.1, -0.05) is 36.4 Å². The smallest absolute Gasteiger partial charge is 0.282 e. The van der Waals surface area contributed by atoms with Gasteiger partial charge >= 0.3 is 0 Å². The number of halogens is 2. The average Bonchev–Trinajstić information content (AvgIpc) is 2.80. The number of amides is 1. The first-order valence-corrected chi connectivity index (χ1v) is 11.0. The minimum atomic E-state index is -2.65. The number of aliphatic hydroxyl groups is 1. The number of amidine groups is 1. The molecule has 2 aliphatic rings. The summed E-state index contributed by atoms with van der Waals surface area (Å²) in [6.45, 7) is -0.275. The monoisotopic (exact) mass is 462 g/mol. The largest absolute Gasteiger partial charge is 0.384 e. The number of rotatable bonds is 5. The molecule has 1 amide bonds. The zero-order valence-corrected chi connectivity index (χ0v) is 18.3. The van der Waals surface area contributed by atoms with Crippen LogP contribution in [0, 0.1) is 5.41 Å². The summed E-state index contributed by atoms with van der Waals surface area (Å²) in [6.07, 6.45) is -0.324. The van der Waals surface area contributed by atoms with Crippen molar-refractivity contribution < 1.29 is 18.7 Å². The van der Waals surface area contributed by atoms with Crippen LogP contribution in [0.25, 0.3) is 0 Å². The minimum Gasteiger partial charge on any atom is -0.384 e. The van der Waals surface area contributed by atoms with Crippen LogP contribution in [0.4, 0.5) is 14.5 Å². The molecule has 1 aliphatic carbocycles. The Bertz CT molecular complexity index is 1280. The topological polar surface area (TPSA) is 102 Å². The molecular formula is C26H24F2N4O2. The Balaban J connectivity index is 1.30. The Hall–Kier alpha value is -3.78. The molecule has 0 unspecified atom stereocenters. The summed E-state index contributed by atoms with van der Waals surface area (Å²) >= 11 is 0. The number of carbonyl (C=O) groups is 1. The first kappa shape index (κ1) is 22.0. The molecule has 6 nitrogen and oxygen atoms in total. The lowest BCUT2D eigenvalue weighted by Gasteiger charge is -2.41. The van der Waals surface area contributed by atoms with Gasteiger partial charge in [-0.15, -0.1) is 0 Å². The summed E-state index contributed by atoms with van der Waals surface area (Å²) in [5.74, 6) is -2.90. The van der Waals surface area contributed by atoms with Crippen LogP contribution in [0.2, 0.25) is 0 Å². The van der Waals surface area contributed by atoms with Gasteiger partial charge in [0.15, 0.2) is 0 Å². The van der Waals surface area contributed by atoms with Gasteiger partial charge in [0, 0.05) is 23.4 Å². The number of nitrogen functional groups attached to an aromatic ring is 1.